The summed E-state index contributed by atoms with van der Waals surface area (Å²) in [7, 11) is 0. The standard InChI is InChI=1S/C67H74N6O12/c1-43(68-61(78)56-32-21-39-73(56)64(81)85-66(5,6)7)59(76)70-55(40-57(74)72-67(45-22-11-8-12-23-45,46-24-13-9-14-25-46)47-26-15-10-16-27-47)60(77)69-48-35-33-44(34-36-48)41-82-62(79)54(37-38-58(75)84-65(2,3)4)71-63(80)83-42-53-51-30-19-17-28-49(51)50-29-18-20-31-52(50)53/h8-20,22-31,33-36,43,53-56H,21,32,37-42H2,1-7H3,(H,68,78)(H,69,77)(H,70,76)(H,71,80)(H,72,74)/t43?,54?,55?,56-/m0/s1. The second-order valence-electron chi connectivity index (χ2n) is 23.2. The molecule has 4 atom stereocenters. The Bertz CT molecular complexity index is 3200. The summed E-state index contributed by atoms with van der Waals surface area (Å²) in [5, 5.41) is 14.0. The molecule has 18 nitrogen and oxygen atoms in total. The Morgan fingerprint density at radius 3 is 1.66 bits per heavy atom. The summed E-state index contributed by atoms with van der Waals surface area (Å²) in [4.78, 5) is 112. The number of hydrogen-bond acceptors (Lipinski definition) is 12. The Morgan fingerprint density at radius 2 is 1.12 bits per heavy atom. The lowest BCUT2D eigenvalue weighted by Crippen LogP contribution is -2.56. The van der Waals surface area contributed by atoms with E-state index in [4.69, 9.17) is 18.9 Å². The Balaban J connectivity index is 0.966. The highest BCUT2D eigenvalue weighted by Crippen LogP contribution is 2.44. The minimum Gasteiger partial charge on any atom is -0.460 e. The maximum atomic E-state index is 14.8. The molecule has 2 aliphatic rings. The van der Waals surface area contributed by atoms with Crippen LogP contribution in [-0.2, 0) is 59.9 Å². The van der Waals surface area contributed by atoms with E-state index in [1.165, 1.54) is 11.8 Å². The molecule has 8 rings (SSSR count). The van der Waals surface area contributed by atoms with Crippen molar-refractivity contribution < 1.29 is 57.3 Å². The summed E-state index contributed by atoms with van der Waals surface area (Å²) in [6, 6.07) is 45.2. The van der Waals surface area contributed by atoms with Crippen molar-refractivity contribution in [3.05, 3.63) is 197 Å². The molecular formula is C67H74N6O12. The average Bonchev–Trinajstić information content (AvgIpc) is 2.07. The number of fused-ring (bicyclic) bond motifs is 3. The van der Waals surface area contributed by atoms with Gasteiger partial charge in [0.2, 0.25) is 23.6 Å². The van der Waals surface area contributed by atoms with E-state index in [0.29, 0.717) is 18.4 Å². The van der Waals surface area contributed by atoms with Crippen molar-refractivity contribution in [2.45, 2.75) is 134 Å². The fourth-order valence-electron chi connectivity index (χ4n) is 10.5. The van der Waals surface area contributed by atoms with Crippen LogP contribution in [0.1, 0.15) is 120 Å². The van der Waals surface area contributed by atoms with Gasteiger partial charge in [0.1, 0.15) is 54.1 Å². The summed E-state index contributed by atoms with van der Waals surface area (Å²) in [5.74, 6) is -4.40. The fraction of sp³-hybridized carbons (Fsp3) is 0.343. The van der Waals surface area contributed by atoms with Gasteiger partial charge in [-0.05, 0) is 124 Å². The number of nitrogens with zero attached hydrogens (tertiary/aromatic N) is 1. The first-order chi connectivity index (χ1) is 40.6. The molecule has 6 amide bonds. The van der Waals surface area contributed by atoms with Gasteiger partial charge in [-0.3, -0.25) is 28.9 Å². The minimum atomic E-state index is -1.51. The number of rotatable bonds is 21. The number of hydrogen-bond donors (Lipinski definition) is 5. The molecule has 18 heteroatoms. The molecule has 1 aliphatic heterocycles. The van der Waals surface area contributed by atoms with Crippen LogP contribution in [-0.4, -0.2) is 101 Å². The zero-order valence-corrected chi connectivity index (χ0v) is 49.0. The first-order valence-electron chi connectivity index (χ1n) is 28.6. The van der Waals surface area contributed by atoms with E-state index in [2.05, 4.69) is 26.6 Å². The van der Waals surface area contributed by atoms with Crippen molar-refractivity contribution in [2.24, 2.45) is 0 Å². The number of alkyl carbamates (subject to hydrolysis) is 1. The molecule has 444 valence electrons. The molecule has 0 bridgehead atoms. The maximum Gasteiger partial charge on any atom is 0.410 e. The number of ether oxygens (including phenoxy) is 4. The van der Waals surface area contributed by atoms with E-state index < -0.39 is 95.1 Å². The zero-order valence-electron chi connectivity index (χ0n) is 49.0. The summed E-state index contributed by atoms with van der Waals surface area (Å²) >= 11 is 0. The first kappa shape index (κ1) is 61.7. The molecule has 0 spiro atoms. The van der Waals surface area contributed by atoms with Crippen LogP contribution in [0.3, 0.4) is 0 Å². The molecule has 0 radical (unpaired) electrons. The zero-order chi connectivity index (χ0) is 60.9. The van der Waals surface area contributed by atoms with Gasteiger partial charge in [0.05, 0.1) is 6.42 Å². The predicted molar refractivity (Wildman–Crippen MR) is 319 cm³/mol. The third-order valence-corrected chi connectivity index (χ3v) is 14.5. The van der Waals surface area contributed by atoms with Crippen LogP contribution in [0.4, 0.5) is 15.3 Å². The highest BCUT2D eigenvalue weighted by atomic mass is 16.6. The van der Waals surface area contributed by atoms with Crippen LogP contribution < -0.4 is 26.6 Å². The second-order valence-corrected chi connectivity index (χ2v) is 23.2. The van der Waals surface area contributed by atoms with Gasteiger partial charge in [0.15, 0.2) is 0 Å². The number of benzene rings is 6. The van der Waals surface area contributed by atoms with Crippen molar-refractivity contribution >= 4 is 53.4 Å². The average molecular weight is 1160 g/mol. The van der Waals surface area contributed by atoms with Crippen LogP contribution in [0.15, 0.2) is 164 Å². The van der Waals surface area contributed by atoms with E-state index in [9.17, 15) is 38.4 Å². The van der Waals surface area contributed by atoms with E-state index >= 15 is 0 Å². The molecule has 85 heavy (non-hydrogen) atoms. The monoisotopic (exact) mass is 1150 g/mol. The second kappa shape index (κ2) is 27.4. The van der Waals surface area contributed by atoms with Gasteiger partial charge in [-0.25, -0.2) is 14.4 Å². The maximum absolute atomic E-state index is 14.8. The summed E-state index contributed by atoms with van der Waals surface area (Å²) in [6.45, 7) is 11.8. The molecule has 1 aliphatic carbocycles. The van der Waals surface area contributed by atoms with Crippen LogP contribution in [0.2, 0.25) is 0 Å². The molecule has 5 N–H and O–H groups in total. The number of carbonyl (C=O) groups excluding carboxylic acids is 8. The van der Waals surface area contributed by atoms with Crippen molar-refractivity contribution in [1.82, 2.24) is 26.2 Å². The Labute approximate surface area is 495 Å². The van der Waals surface area contributed by atoms with E-state index in [1.54, 1.807) is 65.8 Å². The number of nitrogens with one attached hydrogen (secondary N) is 5. The highest BCUT2D eigenvalue weighted by molar-refractivity contribution is 6.01. The van der Waals surface area contributed by atoms with Gasteiger partial charge < -0.3 is 45.5 Å². The molecule has 1 saturated heterocycles. The summed E-state index contributed by atoms with van der Waals surface area (Å²) in [6.07, 6.45) is -1.57. The molecular weight excluding hydrogens is 1080 g/mol. The summed E-state index contributed by atoms with van der Waals surface area (Å²) < 4.78 is 22.4. The van der Waals surface area contributed by atoms with E-state index in [1.807, 2.05) is 140 Å². The van der Waals surface area contributed by atoms with Crippen LogP contribution in [0.25, 0.3) is 11.1 Å². The van der Waals surface area contributed by atoms with E-state index in [0.717, 1.165) is 38.9 Å². The molecule has 1 heterocycles. The van der Waals surface area contributed by atoms with Crippen LogP contribution in [0, 0.1) is 0 Å². The third kappa shape index (κ3) is 16.1. The smallest absolute Gasteiger partial charge is 0.410 e. The van der Waals surface area contributed by atoms with Gasteiger partial charge in [-0.2, -0.15) is 0 Å². The SMILES string of the molecule is CC(NC(=O)[C@@H]1CCCN1C(=O)OC(C)(C)C)C(=O)NC(CC(=O)NC(c1ccccc1)(c1ccccc1)c1ccccc1)C(=O)Nc1ccc(COC(=O)C(CCC(=O)OC(C)(C)C)NC(=O)OCC2c3ccccc3-c3ccccc32)cc1. The molecule has 3 unspecified atom stereocenters. The number of anilines is 1. The lowest BCUT2D eigenvalue weighted by Gasteiger charge is -2.37. The van der Waals surface area contributed by atoms with Crippen molar-refractivity contribution in [1.29, 1.82) is 0 Å². The molecule has 6 aromatic carbocycles. The minimum absolute atomic E-state index is 0.0101. The first-order valence-corrected chi connectivity index (χ1v) is 28.6. The molecule has 0 saturated carbocycles. The van der Waals surface area contributed by atoms with Gasteiger partial charge in [0, 0.05) is 24.6 Å². The Kier molecular flexibility index (Phi) is 19.9. The number of esters is 2. The van der Waals surface area contributed by atoms with Crippen LogP contribution >= 0.6 is 0 Å². The number of carbonyl (C=O) groups is 8. The van der Waals surface area contributed by atoms with Gasteiger partial charge >= 0.3 is 24.1 Å². The Hall–Kier alpha value is -9.32. The van der Waals surface area contributed by atoms with Crippen LogP contribution in [0.5, 0.6) is 0 Å². The van der Waals surface area contributed by atoms with Gasteiger partial charge in [-0.15, -0.1) is 0 Å². The largest absolute Gasteiger partial charge is 0.460 e. The normalized spacial score (nSPS) is 14.9. The van der Waals surface area contributed by atoms with Crippen molar-refractivity contribution in [2.75, 3.05) is 18.5 Å². The molecule has 0 aromatic heterocycles. The molecule has 1 fully saturated rings. The van der Waals surface area contributed by atoms with E-state index in [-0.39, 0.29) is 44.2 Å². The lowest BCUT2D eigenvalue weighted by molar-refractivity contribution is -0.155. The number of likely N-dealkylation sites (tertiary alicyclic amines) is 1. The topological polar surface area (TPSA) is 237 Å². The highest BCUT2D eigenvalue weighted by Gasteiger charge is 2.41. The predicted octanol–water partition coefficient (Wildman–Crippen LogP) is 9.58. The van der Waals surface area contributed by atoms with Crippen molar-refractivity contribution in [3.63, 3.8) is 0 Å². The fourth-order valence-corrected chi connectivity index (χ4v) is 10.5. The number of amides is 6. The third-order valence-electron chi connectivity index (χ3n) is 14.5. The van der Waals surface area contributed by atoms with Crippen molar-refractivity contribution in [3.8, 4) is 11.1 Å². The summed E-state index contributed by atoms with van der Waals surface area (Å²) in [5.41, 5.74) is 4.18. The molecule has 6 aromatic rings. The van der Waals surface area contributed by atoms with Gasteiger partial charge in [0.25, 0.3) is 0 Å². The van der Waals surface area contributed by atoms with Gasteiger partial charge in [-0.1, -0.05) is 152 Å². The lowest BCUT2D eigenvalue weighted by atomic mass is 9.77. The Morgan fingerprint density at radius 1 is 0.588 bits per heavy atom. The quantitative estimate of drug-likeness (QED) is 0.0257.